The third kappa shape index (κ3) is 5.96. The van der Waals surface area contributed by atoms with Crippen molar-refractivity contribution in [3.05, 3.63) is 72.3 Å². The van der Waals surface area contributed by atoms with Crippen molar-refractivity contribution in [1.29, 1.82) is 0 Å². The summed E-state index contributed by atoms with van der Waals surface area (Å²) in [4.78, 5) is 22.8. The highest BCUT2D eigenvalue weighted by molar-refractivity contribution is 5.93. The molecular weight excluding hydrogens is 306 g/mol. The molecule has 24 heavy (non-hydrogen) atoms. The first-order valence-corrected chi connectivity index (χ1v) is 7.53. The molecule has 0 fully saturated rings. The second-order valence-electron chi connectivity index (χ2n) is 4.95. The number of carbonyl (C=O) groups is 2. The van der Waals surface area contributed by atoms with Gasteiger partial charge in [0, 0.05) is 11.8 Å². The molecule has 1 amide bonds. The molecule has 0 unspecified atom stereocenters. The number of rotatable bonds is 7. The van der Waals surface area contributed by atoms with Crippen LogP contribution < -0.4 is 10.1 Å². The standard InChI is InChI=1S/C19H19NO4/c1-2-6-19(22)24-14-18(21)20-16-9-11-17(12-10-16)23-13-15-7-4-3-5-8-15/h2-12H,13-14H2,1H3,(H,20,21)/b6-2+. The molecule has 0 radical (unpaired) electrons. The number of hydrogen-bond acceptors (Lipinski definition) is 4. The number of ether oxygens (including phenoxy) is 2. The van der Waals surface area contributed by atoms with E-state index in [1.807, 2.05) is 30.3 Å². The van der Waals surface area contributed by atoms with Gasteiger partial charge in [0.15, 0.2) is 6.61 Å². The van der Waals surface area contributed by atoms with E-state index >= 15 is 0 Å². The number of nitrogens with one attached hydrogen (secondary N) is 1. The summed E-state index contributed by atoms with van der Waals surface area (Å²) in [5, 5.41) is 2.64. The fourth-order valence-corrected chi connectivity index (χ4v) is 1.89. The molecule has 0 aliphatic heterocycles. The molecular formula is C19H19NO4. The van der Waals surface area contributed by atoms with E-state index in [4.69, 9.17) is 9.47 Å². The summed E-state index contributed by atoms with van der Waals surface area (Å²) in [5.74, 6) is -0.237. The van der Waals surface area contributed by atoms with Crippen LogP contribution in [0.5, 0.6) is 5.75 Å². The summed E-state index contributed by atoms with van der Waals surface area (Å²) >= 11 is 0. The van der Waals surface area contributed by atoms with Crippen LogP contribution >= 0.6 is 0 Å². The normalized spacial score (nSPS) is 10.4. The quantitative estimate of drug-likeness (QED) is 0.626. The third-order valence-electron chi connectivity index (χ3n) is 3.03. The summed E-state index contributed by atoms with van der Waals surface area (Å²) in [6, 6.07) is 16.8. The van der Waals surface area contributed by atoms with Crippen molar-refractivity contribution >= 4 is 17.6 Å². The zero-order valence-electron chi connectivity index (χ0n) is 13.4. The van der Waals surface area contributed by atoms with Gasteiger partial charge in [-0.1, -0.05) is 36.4 Å². The molecule has 0 bridgehead atoms. The van der Waals surface area contributed by atoms with Crippen LogP contribution in [0.15, 0.2) is 66.7 Å². The van der Waals surface area contributed by atoms with Crippen molar-refractivity contribution in [1.82, 2.24) is 0 Å². The van der Waals surface area contributed by atoms with Crippen LogP contribution in [0.2, 0.25) is 0 Å². The average molecular weight is 325 g/mol. The topological polar surface area (TPSA) is 64.6 Å². The Morgan fingerprint density at radius 2 is 1.75 bits per heavy atom. The van der Waals surface area contributed by atoms with Crippen LogP contribution in [0, 0.1) is 0 Å². The maximum Gasteiger partial charge on any atom is 0.330 e. The minimum absolute atomic E-state index is 0.324. The van der Waals surface area contributed by atoms with Crippen molar-refractivity contribution in [2.45, 2.75) is 13.5 Å². The molecule has 5 heteroatoms. The van der Waals surface area contributed by atoms with Crippen molar-refractivity contribution in [2.75, 3.05) is 11.9 Å². The maximum atomic E-state index is 11.7. The van der Waals surface area contributed by atoms with Gasteiger partial charge in [-0.15, -0.1) is 0 Å². The number of benzene rings is 2. The lowest BCUT2D eigenvalue weighted by molar-refractivity contribution is -0.142. The number of anilines is 1. The van der Waals surface area contributed by atoms with E-state index in [2.05, 4.69) is 5.32 Å². The lowest BCUT2D eigenvalue weighted by Crippen LogP contribution is -2.20. The fraction of sp³-hybridized carbons (Fsp3) is 0.158. The summed E-state index contributed by atoms with van der Waals surface area (Å²) in [7, 11) is 0. The van der Waals surface area contributed by atoms with Gasteiger partial charge in [0.05, 0.1) is 0 Å². The predicted molar refractivity (Wildman–Crippen MR) is 91.6 cm³/mol. The Bertz CT molecular complexity index is 693. The monoisotopic (exact) mass is 325 g/mol. The molecule has 124 valence electrons. The summed E-state index contributed by atoms with van der Waals surface area (Å²) < 4.78 is 10.4. The highest BCUT2D eigenvalue weighted by Crippen LogP contribution is 2.17. The number of esters is 1. The Balaban J connectivity index is 1.79. The van der Waals surface area contributed by atoms with E-state index in [1.165, 1.54) is 6.08 Å². The minimum atomic E-state index is -0.544. The summed E-state index contributed by atoms with van der Waals surface area (Å²) in [5.41, 5.74) is 1.69. The third-order valence-corrected chi connectivity index (χ3v) is 3.03. The first-order chi connectivity index (χ1) is 11.7. The van der Waals surface area contributed by atoms with Crippen LogP contribution in [0.25, 0.3) is 0 Å². The Morgan fingerprint density at radius 3 is 2.42 bits per heavy atom. The van der Waals surface area contributed by atoms with Gasteiger partial charge in [-0.25, -0.2) is 4.79 Å². The molecule has 1 N–H and O–H groups in total. The van der Waals surface area contributed by atoms with Crippen LogP contribution in [0.4, 0.5) is 5.69 Å². The molecule has 0 saturated heterocycles. The fourth-order valence-electron chi connectivity index (χ4n) is 1.89. The number of allylic oxidation sites excluding steroid dienone is 1. The van der Waals surface area contributed by atoms with E-state index in [0.29, 0.717) is 18.0 Å². The molecule has 0 atom stereocenters. The summed E-state index contributed by atoms with van der Waals surface area (Å²) in [6.45, 7) is 1.85. The van der Waals surface area contributed by atoms with Crippen molar-refractivity contribution < 1.29 is 19.1 Å². The van der Waals surface area contributed by atoms with E-state index in [0.717, 1.165) is 5.56 Å². The smallest absolute Gasteiger partial charge is 0.330 e. The van der Waals surface area contributed by atoms with Gasteiger partial charge in [0.2, 0.25) is 0 Å². The SMILES string of the molecule is C/C=C/C(=O)OCC(=O)Nc1ccc(OCc2ccccc2)cc1. The molecule has 2 rings (SSSR count). The number of carbonyl (C=O) groups excluding carboxylic acids is 2. The second-order valence-corrected chi connectivity index (χ2v) is 4.95. The largest absolute Gasteiger partial charge is 0.489 e. The Hall–Kier alpha value is -3.08. The molecule has 2 aromatic carbocycles. The van der Waals surface area contributed by atoms with Crippen LogP contribution in [0.1, 0.15) is 12.5 Å². The lowest BCUT2D eigenvalue weighted by Gasteiger charge is -2.08. The van der Waals surface area contributed by atoms with Gasteiger partial charge in [0.1, 0.15) is 12.4 Å². The zero-order valence-corrected chi connectivity index (χ0v) is 13.4. The zero-order chi connectivity index (χ0) is 17.2. The first-order valence-electron chi connectivity index (χ1n) is 7.53. The molecule has 2 aromatic rings. The van der Waals surface area contributed by atoms with Gasteiger partial charge in [0.25, 0.3) is 5.91 Å². The van der Waals surface area contributed by atoms with Crippen molar-refractivity contribution in [3.8, 4) is 5.75 Å². The lowest BCUT2D eigenvalue weighted by atomic mass is 10.2. The van der Waals surface area contributed by atoms with Crippen molar-refractivity contribution in [3.63, 3.8) is 0 Å². The molecule has 0 aromatic heterocycles. The van der Waals surface area contributed by atoms with E-state index in [9.17, 15) is 9.59 Å². The molecule has 0 aliphatic rings. The van der Waals surface area contributed by atoms with Gasteiger partial charge in [-0.05, 0) is 36.8 Å². The predicted octanol–water partition coefficient (Wildman–Crippen LogP) is 3.32. The van der Waals surface area contributed by atoms with Gasteiger partial charge in [-0.3, -0.25) is 4.79 Å². The van der Waals surface area contributed by atoms with Crippen LogP contribution in [-0.4, -0.2) is 18.5 Å². The van der Waals surface area contributed by atoms with E-state index < -0.39 is 11.9 Å². The molecule has 0 spiro atoms. The Labute approximate surface area is 140 Å². The number of hydrogen-bond donors (Lipinski definition) is 1. The molecule has 0 saturated carbocycles. The van der Waals surface area contributed by atoms with Crippen molar-refractivity contribution in [2.24, 2.45) is 0 Å². The van der Waals surface area contributed by atoms with Crippen LogP contribution in [-0.2, 0) is 20.9 Å². The molecule has 0 aliphatic carbocycles. The highest BCUT2D eigenvalue weighted by Gasteiger charge is 2.05. The van der Waals surface area contributed by atoms with Gasteiger partial charge >= 0.3 is 5.97 Å². The minimum Gasteiger partial charge on any atom is -0.489 e. The number of amides is 1. The van der Waals surface area contributed by atoms with Gasteiger partial charge in [-0.2, -0.15) is 0 Å². The Morgan fingerprint density at radius 1 is 1.04 bits per heavy atom. The Kier molecular flexibility index (Phi) is 6.58. The van der Waals surface area contributed by atoms with Gasteiger partial charge < -0.3 is 14.8 Å². The van der Waals surface area contributed by atoms with Crippen LogP contribution in [0.3, 0.4) is 0 Å². The maximum absolute atomic E-state index is 11.7. The summed E-state index contributed by atoms with van der Waals surface area (Å²) in [6.07, 6.45) is 2.81. The highest BCUT2D eigenvalue weighted by atomic mass is 16.5. The molecule has 0 heterocycles. The average Bonchev–Trinajstić information content (AvgIpc) is 2.61. The second kappa shape index (κ2) is 9.15. The first kappa shape index (κ1) is 17.3. The molecule has 5 nitrogen and oxygen atoms in total. The van der Waals surface area contributed by atoms with E-state index in [1.54, 1.807) is 37.3 Å². The van der Waals surface area contributed by atoms with E-state index in [-0.39, 0.29) is 6.61 Å².